The lowest BCUT2D eigenvalue weighted by molar-refractivity contribution is 0.218. The average Bonchev–Trinajstić information content (AvgIpc) is 2.78. The van der Waals surface area contributed by atoms with Crippen LogP contribution in [0.2, 0.25) is 0 Å². The summed E-state index contributed by atoms with van der Waals surface area (Å²) in [5, 5.41) is 0. The second-order valence-electron chi connectivity index (χ2n) is 4.66. The third-order valence-electron chi connectivity index (χ3n) is 3.42. The second-order valence-corrected chi connectivity index (χ2v) is 6.97. The van der Waals surface area contributed by atoms with E-state index in [1.807, 2.05) is 10.8 Å². The molecule has 0 unspecified atom stereocenters. The quantitative estimate of drug-likeness (QED) is 0.783. The first-order valence-electron chi connectivity index (χ1n) is 5.93. The molecular weight excluding hydrogens is 238 g/mol. The first-order valence-corrected chi connectivity index (χ1v) is 7.75. The monoisotopic (exact) mass is 257 g/mol. The molecule has 96 valence electrons. The number of likely N-dealkylation sites (N-methyl/N-ethyl adjacent to an activating group) is 1. The molecule has 1 saturated heterocycles. The van der Waals surface area contributed by atoms with E-state index in [1.165, 1.54) is 0 Å². The van der Waals surface area contributed by atoms with Crippen molar-refractivity contribution in [2.45, 2.75) is 25.4 Å². The number of nitrogens with zero attached hydrogens (tertiary/aromatic N) is 3. The lowest BCUT2D eigenvalue weighted by Crippen LogP contribution is -2.40. The molecule has 0 radical (unpaired) electrons. The molecule has 5 nitrogen and oxygen atoms in total. The Balaban J connectivity index is 1.79. The molecule has 17 heavy (non-hydrogen) atoms. The third-order valence-corrected chi connectivity index (χ3v) is 5.13. The van der Waals surface area contributed by atoms with Gasteiger partial charge in [-0.25, -0.2) is 13.4 Å². The highest BCUT2D eigenvalue weighted by Gasteiger charge is 2.25. The number of aromatic nitrogens is 2. The van der Waals surface area contributed by atoms with Gasteiger partial charge >= 0.3 is 0 Å². The Bertz CT molecular complexity index is 427. The maximum absolute atomic E-state index is 11.3. The van der Waals surface area contributed by atoms with Crippen LogP contribution < -0.4 is 0 Å². The summed E-state index contributed by atoms with van der Waals surface area (Å²) < 4.78 is 24.7. The molecule has 0 atom stereocenters. The molecule has 0 N–H and O–H groups in total. The smallest absolute Gasteiger partial charge is 0.150 e. The number of hydrogen-bond donors (Lipinski definition) is 0. The van der Waals surface area contributed by atoms with Gasteiger partial charge in [-0.15, -0.1) is 0 Å². The summed E-state index contributed by atoms with van der Waals surface area (Å²) in [6, 6.07) is 0.405. The van der Waals surface area contributed by atoms with E-state index in [2.05, 4.69) is 16.9 Å². The predicted molar refractivity (Wildman–Crippen MR) is 66.5 cm³/mol. The van der Waals surface area contributed by atoms with Crippen LogP contribution in [0.1, 0.15) is 12.8 Å². The van der Waals surface area contributed by atoms with Gasteiger partial charge in [-0.1, -0.05) is 0 Å². The van der Waals surface area contributed by atoms with Gasteiger partial charge in [0.1, 0.15) is 9.84 Å². The summed E-state index contributed by atoms with van der Waals surface area (Å²) in [6.07, 6.45) is 7.05. The Labute approximate surface area is 102 Å². The van der Waals surface area contributed by atoms with Gasteiger partial charge in [-0.2, -0.15) is 0 Å². The fourth-order valence-electron chi connectivity index (χ4n) is 2.19. The number of imidazole rings is 1. The molecule has 0 spiro atoms. The van der Waals surface area contributed by atoms with Crippen LogP contribution in [0.15, 0.2) is 18.7 Å². The lowest BCUT2D eigenvalue weighted by atomic mass is 10.1. The molecule has 6 heteroatoms. The van der Waals surface area contributed by atoms with E-state index in [-0.39, 0.29) is 0 Å². The summed E-state index contributed by atoms with van der Waals surface area (Å²) in [7, 11) is -0.680. The van der Waals surface area contributed by atoms with E-state index in [0.29, 0.717) is 17.5 Å². The minimum Gasteiger partial charge on any atom is -0.336 e. The van der Waals surface area contributed by atoms with Crippen molar-refractivity contribution < 1.29 is 8.42 Å². The van der Waals surface area contributed by atoms with Crippen molar-refractivity contribution in [3.63, 3.8) is 0 Å². The first-order chi connectivity index (χ1) is 8.07. The van der Waals surface area contributed by atoms with Gasteiger partial charge in [0.05, 0.1) is 17.8 Å². The molecule has 0 aromatic carbocycles. The van der Waals surface area contributed by atoms with Gasteiger partial charge in [0, 0.05) is 31.5 Å². The molecule has 1 aliphatic rings. The van der Waals surface area contributed by atoms with E-state index in [1.54, 1.807) is 12.5 Å². The number of hydrogen-bond acceptors (Lipinski definition) is 4. The SMILES string of the molecule is CN(CCn1ccnc1)C1CCS(=O)(=O)CC1. The van der Waals surface area contributed by atoms with Gasteiger partial charge in [-0.05, 0) is 19.9 Å². The van der Waals surface area contributed by atoms with Crippen molar-refractivity contribution in [2.24, 2.45) is 0 Å². The zero-order valence-corrected chi connectivity index (χ0v) is 10.9. The van der Waals surface area contributed by atoms with Crippen LogP contribution >= 0.6 is 0 Å². The van der Waals surface area contributed by atoms with E-state index in [0.717, 1.165) is 25.9 Å². The largest absolute Gasteiger partial charge is 0.336 e. The molecule has 2 heterocycles. The number of rotatable bonds is 4. The topological polar surface area (TPSA) is 55.2 Å². The summed E-state index contributed by atoms with van der Waals surface area (Å²) in [6.45, 7) is 1.83. The lowest BCUT2D eigenvalue weighted by Gasteiger charge is -2.31. The van der Waals surface area contributed by atoms with Crippen LogP contribution in [0.4, 0.5) is 0 Å². The van der Waals surface area contributed by atoms with Gasteiger partial charge in [0.2, 0.25) is 0 Å². The van der Waals surface area contributed by atoms with Crippen LogP contribution in [-0.4, -0.2) is 54.0 Å². The highest BCUT2D eigenvalue weighted by molar-refractivity contribution is 7.91. The van der Waals surface area contributed by atoms with Crippen LogP contribution in [-0.2, 0) is 16.4 Å². The van der Waals surface area contributed by atoms with E-state index >= 15 is 0 Å². The van der Waals surface area contributed by atoms with E-state index < -0.39 is 9.84 Å². The fourth-order valence-corrected chi connectivity index (χ4v) is 3.66. The molecule has 1 aromatic rings. The minimum atomic E-state index is -2.75. The Morgan fingerprint density at radius 3 is 2.71 bits per heavy atom. The second kappa shape index (κ2) is 5.18. The Morgan fingerprint density at radius 2 is 2.12 bits per heavy atom. The van der Waals surface area contributed by atoms with Gasteiger partial charge in [-0.3, -0.25) is 0 Å². The molecule has 1 aliphatic heterocycles. The summed E-state index contributed by atoms with van der Waals surface area (Å²) in [5.41, 5.74) is 0. The van der Waals surface area contributed by atoms with Crippen molar-refractivity contribution in [3.05, 3.63) is 18.7 Å². The maximum atomic E-state index is 11.3. The molecule has 0 aliphatic carbocycles. The van der Waals surface area contributed by atoms with Crippen LogP contribution in [0.5, 0.6) is 0 Å². The van der Waals surface area contributed by atoms with Crippen LogP contribution in [0.3, 0.4) is 0 Å². The Kier molecular flexibility index (Phi) is 3.83. The molecule has 2 rings (SSSR count). The molecule has 0 saturated carbocycles. The molecule has 0 bridgehead atoms. The Morgan fingerprint density at radius 1 is 1.41 bits per heavy atom. The minimum absolute atomic E-state index is 0.340. The molecular formula is C11H19N3O2S. The summed E-state index contributed by atoms with van der Waals surface area (Å²) in [5.74, 6) is 0.681. The van der Waals surface area contributed by atoms with E-state index in [4.69, 9.17) is 0 Å². The fraction of sp³-hybridized carbons (Fsp3) is 0.727. The normalized spacial score (nSPS) is 20.8. The predicted octanol–water partition coefficient (Wildman–Crippen LogP) is 0.392. The van der Waals surface area contributed by atoms with Gasteiger partial charge in [0.25, 0.3) is 0 Å². The zero-order chi connectivity index (χ0) is 12.3. The first kappa shape index (κ1) is 12.6. The third kappa shape index (κ3) is 3.54. The maximum Gasteiger partial charge on any atom is 0.150 e. The average molecular weight is 257 g/mol. The standard InChI is InChI=1S/C11H19N3O2S/c1-13(6-7-14-5-4-12-10-14)11-2-8-17(15,16)9-3-11/h4-5,10-11H,2-3,6-9H2,1H3. The molecule has 1 aromatic heterocycles. The highest BCUT2D eigenvalue weighted by Crippen LogP contribution is 2.16. The zero-order valence-electron chi connectivity index (χ0n) is 10.1. The molecule has 0 amide bonds. The van der Waals surface area contributed by atoms with Crippen molar-refractivity contribution in [1.29, 1.82) is 0 Å². The van der Waals surface area contributed by atoms with Crippen molar-refractivity contribution in [2.75, 3.05) is 25.1 Å². The molecule has 1 fully saturated rings. The van der Waals surface area contributed by atoms with Crippen LogP contribution in [0.25, 0.3) is 0 Å². The van der Waals surface area contributed by atoms with Crippen molar-refractivity contribution in [3.8, 4) is 0 Å². The van der Waals surface area contributed by atoms with Crippen LogP contribution in [0, 0.1) is 0 Å². The summed E-state index contributed by atoms with van der Waals surface area (Å²) in [4.78, 5) is 6.26. The Hall–Kier alpha value is -0.880. The van der Waals surface area contributed by atoms with Gasteiger partial charge in [0.15, 0.2) is 0 Å². The van der Waals surface area contributed by atoms with Crippen molar-refractivity contribution in [1.82, 2.24) is 14.5 Å². The highest BCUT2D eigenvalue weighted by atomic mass is 32.2. The summed E-state index contributed by atoms with van der Waals surface area (Å²) >= 11 is 0. The van der Waals surface area contributed by atoms with Crippen molar-refractivity contribution >= 4 is 9.84 Å². The van der Waals surface area contributed by atoms with E-state index in [9.17, 15) is 8.42 Å². The van der Waals surface area contributed by atoms with Gasteiger partial charge < -0.3 is 9.47 Å². The number of sulfone groups is 1.